The van der Waals surface area contributed by atoms with Crippen molar-refractivity contribution in [1.82, 2.24) is 0 Å². The van der Waals surface area contributed by atoms with Crippen molar-refractivity contribution in [2.45, 2.75) is 16.6 Å². The lowest BCUT2D eigenvalue weighted by atomic mass is 10.1. The van der Waals surface area contributed by atoms with Gasteiger partial charge in [-0.15, -0.1) is 11.8 Å². The van der Waals surface area contributed by atoms with Gasteiger partial charge in [0.25, 0.3) is 0 Å². The molecule has 0 saturated heterocycles. The SMILES string of the molecule is COc1ccc(C2CC(=O)N(CC(=O)Nc3ccccc3F)c3ccccc3S2)cc1. The van der Waals surface area contributed by atoms with E-state index in [0.717, 1.165) is 16.2 Å². The first-order valence-corrected chi connectivity index (χ1v) is 10.7. The topological polar surface area (TPSA) is 58.6 Å². The van der Waals surface area contributed by atoms with Gasteiger partial charge in [0.05, 0.1) is 18.5 Å². The Morgan fingerprint density at radius 1 is 1.10 bits per heavy atom. The molecule has 1 heterocycles. The van der Waals surface area contributed by atoms with Gasteiger partial charge >= 0.3 is 0 Å². The first kappa shape index (κ1) is 20.9. The van der Waals surface area contributed by atoms with Gasteiger partial charge in [-0.05, 0) is 42.0 Å². The van der Waals surface area contributed by atoms with Crippen LogP contribution in [0.1, 0.15) is 17.2 Å². The summed E-state index contributed by atoms with van der Waals surface area (Å²) < 4.78 is 19.1. The van der Waals surface area contributed by atoms with E-state index in [1.54, 1.807) is 31.0 Å². The van der Waals surface area contributed by atoms with E-state index in [9.17, 15) is 14.0 Å². The number of carbonyl (C=O) groups excluding carboxylic acids is 2. The molecule has 1 aliphatic heterocycles. The molecule has 1 N–H and O–H groups in total. The smallest absolute Gasteiger partial charge is 0.244 e. The first-order chi connectivity index (χ1) is 15.0. The molecule has 2 amide bonds. The second-order valence-corrected chi connectivity index (χ2v) is 8.30. The third-order valence-electron chi connectivity index (χ3n) is 5.02. The molecule has 0 aliphatic carbocycles. The molecule has 1 unspecified atom stereocenters. The van der Waals surface area contributed by atoms with Crippen molar-refractivity contribution in [3.05, 3.63) is 84.2 Å². The Hall–Kier alpha value is -3.32. The van der Waals surface area contributed by atoms with Gasteiger partial charge in [-0.2, -0.15) is 0 Å². The van der Waals surface area contributed by atoms with E-state index < -0.39 is 11.7 Å². The zero-order valence-electron chi connectivity index (χ0n) is 16.9. The molecule has 0 spiro atoms. The number of nitrogens with zero attached hydrogens (tertiary/aromatic N) is 1. The van der Waals surface area contributed by atoms with Crippen LogP contribution < -0.4 is 15.0 Å². The second-order valence-electron chi connectivity index (χ2n) is 7.06. The highest BCUT2D eigenvalue weighted by atomic mass is 32.2. The van der Waals surface area contributed by atoms with E-state index in [1.165, 1.54) is 17.0 Å². The van der Waals surface area contributed by atoms with Gasteiger partial charge in [-0.25, -0.2) is 4.39 Å². The quantitative estimate of drug-likeness (QED) is 0.609. The maximum absolute atomic E-state index is 13.9. The maximum atomic E-state index is 13.9. The van der Waals surface area contributed by atoms with Crippen LogP contribution in [0.3, 0.4) is 0 Å². The number of para-hydroxylation sites is 2. The fraction of sp³-hybridized carbons (Fsp3) is 0.167. The second kappa shape index (κ2) is 9.22. The molecule has 1 atom stereocenters. The Kier molecular flexibility index (Phi) is 6.23. The molecule has 0 radical (unpaired) electrons. The van der Waals surface area contributed by atoms with Crippen molar-refractivity contribution < 1.29 is 18.7 Å². The third-order valence-corrected chi connectivity index (χ3v) is 6.35. The van der Waals surface area contributed by atoms with Gasteiger partial charge in [0, 0.05) is 16.6 Å². The number of hydrogen-bond donors (Lipinski definition) is 1. The average molecular weight is 437 g/mol. The molecule has 0 aromatic heterocycles. The molecular weight excluding hydrogens is 415 g/mol. The highest BCUT2D eigenvalue weighted by molar-refractivity contribution is 7.99. The van der Waals surface area contributed by atoms with E-state index >= 15 is 0 Å². The van der Waals surface area contributed by atoms with Gasteiger partial charge < -0.3 is 15.0 Å². The number of hydrogen-bond acceptors (Lipinski definition) is 4. The molecule has 158 valence electrons. The number of nitrogens with one attached hydrogen (secondary N) is 1. The van der Waals surface area contributed by atoms with E-state index in [-0.39, 0.29) is 29.8 Å². The van der Waals surface area contributed by atoms with Crippen molar-refractivity contribution in [2.24, 2.45) is 0 Å². The molecule has 0 fully saturated rings. The summed E-state index contributed by atoms with van der Waals surface area (Å²) in [5, 5.41) is 2.46. The number of benzene rings is 3. The molecule has 0 bridgehead atoms. The molecule has 4 rings (SSSR count). The van der Waals surface area contributed by atoms with Crippen LogP contribution in [0.2, 0.25) is 0 Å². The predicted octanol–water partition coefficient (Wildman–Crippen LogP) is 5.04. The summed E-state index contributed by atoms with van der Waals surface area (Å²) in [7, 11) is 1.61. The number of ether oxygens (including phenoxy) is 1. The normalized spacial score (nSPS) is 15.7. The largest absolute Gasteiger partial charge is 0.497 e. The summed E-state index contributed by atoms with van der Waals surface area (Å²) in [6.07, 6.45) is 0.235. The summed E-state index contributed by atoms with van der Waals surface area (Å²) in [5.41, 5.74) is 1.78. The lowest BCUT2D eigenvalue weighted by molar-refractivity contribution is -0.121. The van der Waals surface area contributed by atoms with Crippen LogP contribution in [0.5, 0.6) is 5.75 Å². The summed E-state index contributed by atoms with van der Waals surface area (Å²) in [5.74, 6) is -0.391. The van der Waals surface area contributed by atoms with Gasteiger partial charge in [-0.3, -0.25) is 9.59 Å². The Labute approximate surface area is 184 Å². The minimum Gasteiger partial charge on any atom is -0.497 e. The van der Waals surface area contributed by atoms with Crippen LogP contribution >= 0.6 is 11.8 Å². The molecule has 3 aromatic carbocycles. The molecule has 5 nitrogen and oxygen atoms in total. The zero-order chi connectivity index (χ0) is 21.8. The lowest BCUT2D eigenvalue weighted by Gasteiger charge is -2.22. The molecule has 1 aliphatic rings. The van der Waals surface area contributed by atoms with Crippen molar-refractivity contribution in [1.29, 1.82) is 0 Å². The van der Waals surface area contributed by atoms with Crippen LogP contribution in [-0.4, -0.2) is 25.5 Å². The number of anilines is 2. The number of fused-ring (bicyclic) bond motifs is 1. The number of amides is 2. The van der Waals surface area contributed by atoms with E-state index in [2.05, 4.69) is 5.32 Å². The Morgan fingerprint density at radius 3 is 2.55 bits per heavy atom. The van der Waals surface area contributed by atoms with Crippen LogP contribution in [0.25, 0.3) is 0 Å². The van der Waals surface area contributed by atoms with Gasteiger partial charge in [0.15, 0.2) is 0 Å². The van der Waals surface area contributed by atoms with Gasteiger partial charge in [0.1, 0.15) is 18.1 Å². The van der Waals surface area contributed by atoms with Gasteiger partial charge in [-0.1, -0.05) is 36.4 Å². The zero-order valence-corrected chi connectivity index (χ0v) is 17.7. The summed E-state index contributed by atoms with van der Waals surface area (Å²) in [4.78, 5) is 28.2. The van der Waals surface area contributed by atoms with Crippen LogP contribution in [-0.2, 0) is 9.59 Å². The minimum absolute atomic E-state index is 0.0912. The lowest BCUT2D eigenvalue weighted by Crippen LogP contribution is -2.38. The molecular formula is C24H21FN2O3S. The summed E-state index contributed by atoms with van der Waals surface area (Å²) in [6, 6.07) is 21.1. The van der Waals surface area contributed by atoms with Crippen molar-refractivity contribution in [3.63, 3.8) is 0 Å². The summed E-state index contributed by atoms with van der Waals surface area (Å²) >= 11 is 1.59. The van der Waals surface area contributed by atoms with E-state index in [1.807, 2.05) is 48.5 Å². The first-order valence-electron chi connectivity index (χ1n) is 9.79. The number of methoxy groups -OCH3 is 1. The van der Waals surface area contributed by atoms with Crippen molar-refractivity contribution in [3.8, 4) is 5.75 Å². The molecule has 0 saturated carbocycles. The minimum atomic E-state index is -0.520. The molecule has 3 aromatic rings. The monoisotopic (exact) mass is 436 g/mol. The highest BCUT2D eigenvalue weighted by Crippen LogP contribution is 2.45. The van der Waals surface area contributed by atoms with E-state index in [0.29, 0.717) is 5.69 Å². The standard InChI is InChI=1S/C24H21FN2O3S/c1-30-17-12-10-16(11-13-17)22-14-24(29)27(20-8-4-5-9-21(20)31-22)15-23(28)26-19-7-3-2-6-18(19)25/h2-13,22H,14-15H2,1H3,(H,26,28). The fourth-order valence-corrected chi connectivity index (χ4v) is 4.73. The molecule has 31 heavy (non-hydrogen) atoms. The number of halogens is 1. The Bertz CT molecular complexity index is 1100. The Balaban J connectivity index is 1.58. The summed E-state index contributed by atoms with van der Waals surface area (Å²) in [6.45, 7) is -0.194. The fourth-order valence-electron chi connectivity index (χ4n) is 3.45. The predicted molar refractivity (Wildman–Crippen MR) is 120 cm³/mol. The van der Waals surface area contributed by atoms with Crippen LogP contribution in [0.4, 0.5) is 15.8 Å². The number of thioether (sulfide) groups is 1. The van der Waals surface area contributed by atoms with Crippen LogP contribution in [0.15, 0.2) is 77.7 Å². The van der Waals surface area contributed by atoms with Crippen molar-refractivity contribution >= 4 is 35.0 Å². The maximum Gasteiger partial charge on any atom is 0.244 e. The average Bonchev–Trinajstić information content (AvgIpc) is 2.92. The number of carbonyl (C=O) groups is 2. The Morgan fingerprint density at radius 2 is 1.81 bits per heavy atom. The third kappa shape index (κ3) is 4.72. The van der Waals surface area contributed by atoms with Gasteiger partial charge in [0.2, 0.25) is 11.8 Å². The molecule has 7 heteroatoms. The highest BCUT2D eigenvalue weighted by Gasteiger charge is 2.30. The van der Waals surface area contributed by atoms with E-state index in [4.69, 9.17) is 4.74 Å². The van der Waals surface area contributed by atoms with Crippen molar-refractivity contribution in [2.75, 3.05) is 23.9 Å². The number of rotatable bonds is 5. The van der Waals surface area contributed by atoms with Crippen LogP contribution in [0, 0.1) is 5.82 Å².